The van der Waals surface area contributed by atoms with Gasteiger partial charge in [0, 0.05) is 18.0 Å². The number of rotatable bonds is 8. The molecule has 2 aromatic carbocycles. The Hall–Kier alpha value is -4.37. The third-order valence-electron chi connectivity index (χ3n) is 3.09. The predicted molar refractivity (Wildman–Crippen MR) is 115 cm³/mol. The fourth-order valence-corrected chi connectivity index (χ4v) is 1.76. The molecule has 0 aliphatic heterocycles. The second-order valence-corrected chi connectivity index (χ2v) is 5.56. The molecule has 33 heavy (non-hydrogen) atoms. The maximum absolute atomic E-state index is 11.0. The van der Waals surface area contributed by atoms with Crippen LogP contribution in [0.5, 0.6) is 0 Å². The van der Waals surface area contributed by atoms with Crippen molar-refractivity contribution in [3.05, 3.63) is 96.1 Å². The summed E-state index contributed by atoms with van der Waals surface area (Å²) in [6.07, 6.45) is 5.87. The molecule has 0 bridgehead atoms. The number of carboxylic acids is 2. The zero-order chi connectivity index (χ0) is 23.6. The van der Waals surface area contributed by atoms with Gasteiger partial charge in [-0.3, -0.25) is 4.79 Å². The van der Waals surface area contributed by atoms with Gasteiger partial charge in [-0.2, -0.15) is 15.3 Å². The summed E-state index contributed by atoms with van der Waals surface area (Å²) in [4.78, 5) is 31.0. The molecule has 0 aliphatic carbocycles. The molecule has 1 amide bonds. The van der Waals surface area contributed by atoms with E-state index in [0.717, 1.165) is 29.4 Å². The van der Waals surface area contributed by atoms with Crippen LogP contribution in [0.3, 0.4) is 0 Å². The van der Waals surface area contributed by atoms with Crippen LogP contribution in [-0.2, 0) is 30.9 Å². The number of nitrogens with zero attached hydrogens (tertiary/aromatic N) is 3. The standard InChI is InChI=1S/2C11H10N2O3.Ni/c2*14-10(6-7-11(15)16)13-12-8-9-4-2-1-3-5-9;/h2*1-8H,(H,13,14)(H,15,16);/q;;+2/p-2/b2*7-6-,12-8-;. The van der Waals surface area contributed by atoms with E-state index in [1.54, 1.807) is 12.1 Å². The average molecular weight is 493 g/mol. The van der Waals surface area contributed by atoms with Crippen molar-refractivity contribution >= 4 is 36.2 Å². The van der Waals surface area contributed by atoms with E-state index in [9.17, 15) is 24.6 Å². The minimum absolute atomic E-state index is 0. The topological polar surface area (TPSA) is 167 Å². The summed E-state index contributed by atoms with van der Waals surface area (Å²) >= 11 is 0. The van der Waals surface area contributed by atoms with Gasteiger partial charge in [-0.15, -0.1) is 0 Å². The van der Waals surface area contributed by atoms with Crippen molar-refractivity contribution in [2.45, 2.75) is 0 Å². The predicted octanol–water partition coefficient (Wildman–Crippen LogP) is -0.140. The molecule has 0 spiro atoms. The van der Waals surface area contributed by atoms with Crippen molar-refractivity contribution in [1.29, 1.82) is 0 Å². The minimum atomic E-state index is -1.45. The maximum Gasteiger partial charge on any atom is 2.00 e. The third kappa shape index (κ3) is 16.1. The second-order valence-electron chi connectivity index (χ2n) is 5.56. The molecule has 0 aliphatic rings. The largest absolute Gasteiger partial charge is 2.00 e. The van der Waals surface area contributed by atoms with E-state index in [1.165, 1.54) is 12.4 Å². The summed E-state index contributed by atoms with van der Waals surface area (Å²) in [5.41, 5.74) is 3.80. The number of carboxylic acid groups (broad SMARTS) is 2. The van der Waals surface area contributed by atoms with Crippen LogP contribution in [0.2, 0.25) is 0 Å². The molecule has 2 rings (SSSR count). The Labute approximate surface area is 199 Å². The van der Waals surface area contributed by atoms with Crippen LogP contribution >= 0.6 is 0 Å². The molecular formula is C22H18N4NiO6. The van der Waals surface area contributed by atoms with E-state index in [0.29, 0.717) is 6.08 Å². The van der Waals surface area contributed by atoms with Crippen molar-refractivity contribution in [1.82, 2.24) is 5.43 Å². The fourth-order valence-electron chi connectivity index (χ4n) is 1.76. The van der Waals surface area contributed by atoms with Crippen LogP contribution < -0.4 is 15.6 Å². The third-order valence-corrected chi connectivity index (χ3v) is 3.09. The SMILES string of the molecule is O=C(O)/C=C\C(=O)N/N=C\c1ccccc1.O=C([O-])\C=C/C([O-])=N\N=C/c1ccccc1.[Ni+2]. The number of amides is 1. The van der Waals surface area contributed by atoms with Gasteiger partial charge in [-0.1, -0.05) is 60.7 Å². The van der Waals surface area contributed by atoms with Crippen molar-refractivity contribution in [3.8, 4) is 0 Å². The van der Waals surface area contributed by atoms with Crippen molar-refractivity contribution in [2.75, 3.05) is 0 Å². The zero-order valence-electron chi connectivity index (χ0n) is 16.9. The maximum atomic E-state index is 11.0. The number of carbonyl (C=O) groups is 3. The molecule has 0 fully saturated rings. The Morgan fingerprint density at radius 1 is 0.788 bits per heavy atom. The van der Waals surface area contributed by atoms with Gasteiger partial charge in [0.1, 0.15) is 0 Å². The number of aliphatic carboxylic acids is 2. The van der Waals surface area contributed by atoms with Gasteiger partial charge in [0.05, 0.1) is 18.4 Å². The summed E-state index contributed by atoms with van der Waals surface area (Å²) in [6, 6.07) is 18.3. The van der Waals surface area contributed by atoms with E-state index in [-0.39, 0.29) is 16.5 Å². The van der Waals surface area contributed by atoms with Crippen molar-refractivity contribution in [3.63, 3.8) is 0 Å². The van der Waals surface area contributed by atoms with Gasteiger partial charge < -0.3 is 20.1 Å². The van der Waals surface area contributed by atoms with Gasteiger partial charge in [0.2, 0.25) is 0 Å². The number of benzene rings is 2. The number of nitrogens with one attached hydrogen (secondary N) is 1. The Kier molecular flexibility index (Phi) is 15.0. The average Bonchev–Trinajstić information content (AvgIpc) is 2.78. The molecule has 2 N–H and O–H groups in total. The summed E-state index contributed by atoms with van der Waals surface area (Å²) in [7, 11) is 0. The van der Waals surface area contributed by atoms with E-state index in [1.807, 2.05) is 48.5 Å². The minimum Gasteiger partial charge on any atom is -0.857 e. The number of carbonyl (C=O) groups excluding carboxylic acids is 2. The number of hydrazone groups is 1. The van der Waals surface area contributed by atoms with E-state index < -0.39 is 23.7 Å². The first kappa shape index (κ1) is 28.6. The summed E-state index contributed by atoms with van der Waals surface area (Å²) in [6.45, 7) is 0. The van der Waals surface area contributed by atoms with Crippen molar-refractivity contribution in [2.24, 2.45) is 15.3 Å². The molecule has 0 saturated carbocycles. The quantitative estimate of drug-likeness (QED) is 0.171. The van der Waals surface area contributed by atoms with E-state index in [4.69, 9.17) is 5.11 Å². The second kappa shape index (κ2) is 17.3. The van der Waals surface area contributed by atoms with Crippen LogP contribution in [0, 0.1) is 0 Å². The molecule has 11 heteroatoms. The van der Waals surface area contributed by atoms with Gasteiger partial charge in [-0.05, 0) is 23.3 Å². The molecule has 0 atom stereocenters. The summed E-state index contributed by atoms with van der Waals surface area (Å²) in [5, 5.41) is 39.5. The first-order valence-corrected chi connectivity index (χ1v) is 8.88. The van der Waals surface area contributed by atoms with Crippen molar-refractivity contribution < 1.29 is 46.2 Å². The van der Waals surface area contributed by atoms with Gasteiger partial charge in [-0.25, -0.2) is 10.2 Å². The fraction of sp³-hybridized carbons (Fsp3) is 0. The zero-order valence-corrected chi connectivity index (χ0v) is 17.9. The Balaban J connectivity index is 0.000000602. The molecular weight excluding hydrogens is 475 g/mol. The molecule has 172 valence electrons. The van der Waals surface area contributed by atoms with Crippen LogP contribution in [0.25, 0.3) is 0 Å². The van der Waals surface area contributed by atoms with E-state index in [2.05, 4.69) is 20.7 Å². The first-order chi connectivity index (χ1) is 15.4. The molecule has 0 radical (unpaired) electrons. The smallest absolute Gasteiger partial charge is 0.857 e. The molecule has 10 nitrogen and oxygen atoms in total. The Morgan fingerprint density at radius 2 is 1.33 bits per heavy atom. The summed E-state index contributed by atoms with van der Waals surface area (Å²) < 4.78 is 0. The molecule has 0 unspecified atom stereocenters. The number of hydrogen-bond donors (Lipinski definition) is 2. The normalized spacial score (nSPS) is 11.2. The van der Waals surface area contributed by atoms with Crippen LogP contribution in [0.15, 0.2) is 100 Å². The van der Waals surface area contributed by atoms with Crippen LogP contribution in [-0.4, -0.2) is 41.3 Å². The molecule has 0 heterocycles. The van der Waals surface area contributed by atoms with Gasteiger partial charge >= 0.3 is 22.5 Å². The monoisotopic (exact) mass is 492 g/mol. The van der Waals surface area contributed by atoms with Gasteiger partial charge in [0.25, 0.3) is 5.91 Å². The van der Waals surface area contributed by atoms with Crippen LogP contribution in [0.4, 0.5) is 0 Å². The number of hydrogen-bond acceptors (Lipinski definition) is 8. The summed E-state index contributed by atoms with van der Waals surface area (Å²) in [5.74, 6) is -3.97. The Bertz CT molecular complexity index is 1040. The molecule has 0 aromatic heterocycles. The van der Waals surface area contributed by atoms with Gasteiger partial charge in [0.15, 0.2) is 0 Å². The first-order valence-electron chi connectivity index (χ1n) is 8.88. The van der Waals surface area contributed by atoms with E-state index >= 15 is 0 Å². The molecule has 2 aromatic rings. The van der Waals surface area contributed by atoms with Crippen LogP contribution in [0.1, 0.15) is 11.1 Å². The molecule has 0 saturated heterocycles. The Morgan fingerprint density at radius 3 is 1.85 bits per heavy atom.